The Kier molecular flexibility index (Phi) is 9.70. The summed E-state index contributed by atoms with van der Waals surface area (Å²) in [5.41, 5.74) is 7.23. The molecule has 2 heterocycles. The van der Waals surface area contributed by atoms with Gasteiger partial charge in [0, 0.05) is 4.90 Å². The lowest BCUT2D eigenvalue weighted by Gasteiger charge is -2.12. The van der Waals surface area contributed by atoms with Crippen LogP contribution in [0.3, 0.4) is 0 Å². The van der Waals surface area contributed by atoms with Gasteiger partial charge in [-0.1, -0.05) is 28.2 Å². The number of nitrogens with one attached hydrogen (secondary N) is 2. The van der Waals surface area contributed by atoms with Crippen LogP contribution in [0, 0.1) is 0 Å². The van der Waals surface area contributed by atoms with Crippen LogP contribution in [0.1, 0.15) is 13.8 Å². The third-order valence-electron chi connectivity index (χ3n) is 6.23. The monoisotopic (exact) mass is 706 g/mol. The molecule has 2 aliphatic heterocycles. The van der Waals surface area contributed by atoms with Crippen LogP contribution in [0.4, 0.5) is 22.7 Å². The standard InChI is InChI=1S/C26H20Cl2N8O8S2/c1-13-23(25(37)35(33-13)15-3-7-17(8-4-15)45-44-43-39)31-29-21-11-20(28)22(12-19(21)27)30-32-24-14(2)34-36(26(24)38)16-5-9-18(10-6-16)46(40,41)42/h3-12,29-30,39H,1-2H3,(H,40,41,42)/b31-23-,32-24-. The molecule has 0 atom stereocenters. The van der Waals surface area contributed by atoms with E-state index in [1.807, 2.05) is 0 Å². The van der Waals surface area contributed by atoms with Gasteiger partial charge < -0.3 is 0 Å². The topological polar surface area (TPSA) is 207 Å². The minimum Gasteiger partial charge on any atom is -0.282 e. The van der Waals surface area contributed by atoms with Gasteiger partial charge in [-0.25, -0.2) is 5.26 Å². The van der Waals surface area contributed by atoms with Crippen molar-refractivity contribution >= 4 is 103 Å². The number of benzene rings is 3. The predicted octanol–water partition coefficient (Wildman–Crippen LogP) is 5.05. The number of halogens is 2. The van der Waals surface area contributed by atoms with Crippen LogP contribution in [0.15, 0.2) is 90.9 Å². The Morgan fingerprint density at radius 1 is 0.804 bits per heavy atom. The molecule has 0 bridgehead atoms. The fourth-order valence-corrected chi connectivity index (χ4v) is 5.26. The summed E-state index contributed by atoms with van der Waals surface area (Å²) in [6.07, 6.45) is 0. The van der Waals surface area contributed by atoms with Crippen molar-refractivity contribution in [2.24, 2.45) is 20.4 Å². The largest absolute Gasteiger partial charge is 0.301 e. The summed E-state index contributed by atoms with van der Waals surface area (Å²) in [5, 5.41) is 31.1. The Balaban J connectivity index is 1.26. The van der Waals surface area contributed by atoms with Gasteiger partial charge in [0.25, 0.3) is 10.1 Å². The summed E-state index contributed by atoms with van der Waals surface area (Å²) in [6, 6.07) is 14.3. The van der Waals surface area contributed by atoms with Gasteiger partial charge in [-0.15, -0.1) is 4.33 Å². The van der Waals surface area contributed by atoms with Crippen LogP contribution >= 0.6 is 35.2 Å². The van der Waals surface area contributed by atoms with Gasteiger partial charge in [0.05, 0.1) is 61.2 Å². The molecule has 2 amide bonds. The van der Waals surface area contributed by atoms with Gasteiger partial charge in [-0.3, -0.25) is 25.0 Å². The maximum Gasteiger partial charge on any atom is 0.301 e. The number of hydrogen-bond donors (Lipinski definition) is 4. The van der Waals surface area contributed by atoms with Gasteiger partial charge in [0.1, 0.15) is 0 Å². The Labute approximate surface area is 274 Å². The number of hydrazone groups is 4. The smallest absolute Gasteiger partial charge is 0.282 e. The lowest BCUT2D eigenvalue weighted by Crippen LogP contribution is -2.28. The Hall–Kier alpha value is -4.40. The van der Waals surface area contributed by atoms with Gasteiger partial charge in [0.2, 0.25) is 0 Å². The number of amides is 2. The SMILES string of the molecule is CC1=NN(c2ccc(SOOO)cc2)C(=O)/C1=N\Nc1cc(Cl)c(N/N=C2\C(=O)N(c3ccc(S(=O)(=O)O)cc3)N=C2C)cc1Cl. The van der Waals surface area contributed by atoms with Crippen molar-refractivity contribution in [2.45, 2.75) is 23.6 Å². The van der Waals surface area contributed by atoms with Crippen LogP contribution < -0.4 is 20.9 Å². The van der Waals surface area contributed by atoms with E-state index in [1.165, 1.54) is 29.3 Å². The Morgan fingerprint density at radius 3 is 1.65 bits per heavy atom. The highest BCUT2D eigenvalue weighted by Crippen LogP contribution is 2.33. The first-order valence-corrected chi connectivity index (χ1v) is 15.6. The highest BCUT2D eigenvalue weighted by Gasteiger charge is 2.32. The van der Waals surface area contributed by atoms with Crippen LogP contribution in [-0.2, 0) is 29.1 Å². The van der Waals surface area contributed by atoms with E-state index in [4.69, 9.17) is 33.0 Å². The minimum atomic E-state index is -4.40. The maximum atomic E-state index is 13.0. The Morgan fingerprint density at radius 2 is 1.24 bits per heavy atom. The van der Waals surface area contributed by atoms with Gasteiger partial charge >= 0.3 is 11.8 Å². The molecule has 0 unspecified atom stereocenters. The molecular weight excluding hydrogens is 687 g/mol. The number of anilines is 4. The first-order chi connectivity index (χ1) is 21.9. The fraction of sp³-hybridized carbons (Fsp3) is 0.0769. The molecule has 20 heteroatoms. The molecule has 3 aromatic rings. The van der Waals surface area contributed by atoms with E-state index >= 15 is 0 Å². The van der Waals surface area contributed by atoms with Gasteiger partial charge in [0.15, 0.2) is 11.4 Å². The van der Waals surface area contributed by atoms with Gasteiger partial charge in [-0.05, 0) is 74.5 Å². The summed E-state index contributed by atoms with van der Waals surface area (Å²) in [6.45, 7) is 3.17. The molecule has 0 aromatic heterocycles. The zero-order valence-corrected chi connectivity index (χ0v) is 26.5. The number of rotatable bonds is 10. The van der Waals surface area contributed by atoms with E-state index in [1.54, 1.807) is 38.1 Å². The molecule has 5 rings (SSSR count). The fourth-order valence-electron chi connectivity index (χ4n) is 4.01. The van der Waals surface area contributed by atoms with Crippen molar-refractivity contribution in [3.8, 4) is 0 Å². The third-order valence-corrected chi connectivity index (χ3v) is 8.32. The molecule has 238 valence electrons. The zero-order valence-electron chi connectivity index (χ0n) is 23.4. The molecule has 4 N–H and O–H groups in total. The van der Waals surface area contributed by atoms with Crippen LogP contribution in [0.5, 0.6) is 0 Å². The van der Waals surface area contributed by atoms with Crippen molar-refractivity contribution in [3.63, 3.8) is 0 Å². The van der Waals surface area contributed by atoms with Crippen molar-refractivity contribution in [1.29, 1.82) is 0 Å². The first-order valence-electron chi connectivity index (χ1n) is 12.7. The van der Waals surface area contributed by atoms with Crippen LogP contribution in [-0.4, -0.2) is 52.9 Å². The van der Waals surface area contributed by atoms with Crippen LogP contribution in [0.25, 0.3) is 0 Å². The van der Waals surface area contributed by atoms with Gasteiger partial charge in [-0.2, -0.15) is 38.8 Å². The Bertz CT molecular complexity index is 1950. The maximum absolute atomic E-state index is 13.0. The number of carbonyl (C=O) groups is 2. The zero-order chi connectivity index (χ0) is 33.2. The van der Waals surface area contributed by atoms with E-state index in [0.29, 0.717) is 16.3 Å². The second-order valence-corrected chi connectivity index (χ2v) is 12.3. The highest BCUT2D eigenvalue weighted by atomic mass is 35.5. The molecular formula is C26H20Cl2N8O8S2. The van der Waals surface area contributed by atoms with Crippen molar-refractivity contribution < 1.29 is 37.2 Å². The third kappa shape index (κ3) is 7.03. The lowest BCUT2D eigenvalue weighted by atomic mass is 10.2. The molecule has 2 aliphatic rings. The molecule has 16 nitrogen and oxygen atoms in total. The summed E-state index contributed by atoms with van der Waals surface area (Å²) in [4.78, 5) is 26.3. The average molecular weight is 708 g/mol. The molecule has 0 aliphatic carbocycles. The highest BCUT2D eigenvalue weighted by molar-refractivity contribution is 7.94. The molecule has 3 aromatic carbocycles. The summed E-state index contributed by atoms with van der Waals surface area (Å²) in [7, 11) is -4.40. The molecule has 0 spiro atoms. The number of hydrogen-bond acceptors (Lipinski definition) is 14. The van der Waals surface area contributed by atoms with E-state index in [-0.39, 0.29) is 49.1 Å². The molecule has 0 radical (unpaired) electrons. The lowest BCUT2D eigenvalue weighted by molar-refractivity contribution is -0.432. The number of nitrogens with zero attached hydrogens (tertiary/aromatic N) is 6. The van der Waals surface area contributed by atoms with Crippen molar-refractivity contribution in [2.75, 3.05) is 20.9 Å². The first kappa shape index (κ1) is 33.0. The van der Waals surface area contributed by atoms with Crippen LogP contribution in [0.2, 0.25) is 10.0 Å². The van der Waals surface area contributed by atoms with E-state index in [0.717, 1.165) is 29.2 Å². The van der Waals surface area contributed by atoms with Crippen molar-refractivity contribution in [1.82, 2.24) is 0 Å². The molecule has 46 heavy (non-hydrogen) atoms. The molecule has 0 saturated carbocycles. The van der Waals surface area contributed by atoms with Crippen molar-refractivity contribution in [3.05, 3.63) is 70.7 Å². The summed E-state index contributed by atoms with van der Waals surface area (Å²) >= 11 is 13.6. The summed E-state index contributed by atoms with van der Waals surface area (Å²) < 4.78 is 36.1. The normalized spacial score (nSPS) is 16.8. The molecule has 0 fully saturated rings. The second-order valence-electron chi connectivity index (χ2n) is 9.25. The van der Waals surface area contributed by atoms with E-state index in [2.05, 4.69) is 40.6 Å². The summed E-state index contributed by atoms with van der Waals surface area (Å²) in [5.74, 6) is -1.10. The minimum absolute atomic E-state index is 0.0305. The molecule has 0 saturated heterocycles. The second kappa shape index (κ2) is 13.5. The quantitative estimate of drug-likeness (QED) is 0.0949. The van der Waals surface area contributed by atoms with E-state index in [9.17, 15) is 18.0 Å². The average Bonchev–Trinajstić information content (AvgIpc) is 3.47. The predicted molar refractivity (Wildman–Crippen MR) is 173 cm³/mol. The van der Waals surface area contributed by atoms with E-state index < -0.39 is 21.9 Å². The number of carbonyl (C=O) groups excluding carboxylic acids is 2.